The highest BCUT2D eigenvalue weighted by atomic mass is 19.1. The fraction of sp³-hybridized carbons (Fsp3) is 0.0769. The molecule has 5 aromatic rings. The number of rotatable bonds is 5. The molecule has 0 aliphatic carbocycles. The van der Waals surface area contributed by atoms with E-state index in [1.54, 1.807) is 48.9 Å². The molecule has 4 heterocycles. The second-order valence-electron chi connectivity index (χ2n) is 7.86. The number of nitrogens with one attached hydrogen (secondary N) is 2. The normalized spacial score (nSPS) is 11.8. The molecule has 0 spiro atoms. The zero-order valence-corrected chi connectivity index (χ0v) is 18.5. The number of fused-ring (bicyclic) bond motifs is 1. The van der Waals surface area contributed by atoms with Gasteiger partial charge >= 0.3 is 0 Å². The smallest absolute Gasteiger partial charge is 0.161 e. The minimum atomic E-state index is -0.514. The summed E-state index contributed by atoms with van der Waals surface area (Å²) < 4.78 is 29.6. The van der Waals surface area contributed by atoms with Gasteiger partial charge in [0.25, 0.3) is 0 Å². The van der Waals surface area contributed by atoms with Crippen LogP contribution in [-0.2, 0) is 0 Å². The SMILES string of the molecule is C=C/C=C(/c1cccc(F)c1)c1nc(-c2n[nH]c3cnc(-c4cnccc4C)c(F)c23)[nH]c1C. The van der Waals surface area contributed by atoms with Crippen LogP contribution < -0.4 is 0 Å². The van der Waals surface area contributed by atoms with Crippen LogP contribution in [0.4, 0.5) is 8.78 Å². The molecule has 2 N–H and O–H groups in total. The van der Waals surface area contributed by atoms with Crippen LogP contribution >= 0.6 is 0 Å². The lowest BCUT2D eigenvalue weighted by molar-refractivity contribution is 0.627. The number of nitrogens with zero attached hydrogens (tertiary/aromatic N) is 4. The van der Waals surface area contributed by atoms with E-state index in [1.807, 2.05) is 13.8 Å². The van der Waals surface area contributed by atoms with Crippen LogP contribution in [-0.4, -0.2) is 30.1 Å². The number of aryl methyl sites for hydroxylation is 2. The largest absolute Gasteiger partial charge is 0.340 e. The molecule has 8 heteroatoms. The molecular weight excluding hydrogens is 434 g/mol. The van der Waals surface area contributed by atoms with Gasteiger partial charge in [0.15, 0.2) is 11.6 Å². The fourth-order valence-corrected chi connectivity index (χ4v) is 3.97. The zero-order valence-electron chi connectivity index (χ0n) is 18.5. The maximum atomic E-state index is 15.8. The first-order chi connectivity index (χ1) is 16.5. The molecule has 6 nitrogen and oxygen atoms in total. The van der Waals surface area contributed by atoms with Crippen molar-refractivity contribution in [3.8, 4) is 22.8 Å². The monoisotopic (exact) mass is 454 g/mol. The molecule has 0 radical (unpaired) electrons. The number of imidazole rings is 1. The predicted octanol–water partition coefficient (Wildman–Crippen LogP) is 5.92. The van der Waals surface area contributed by atoms with Crippen LogP contribution in [0.3, 0.4) is 0 Å². The van der Waals surface area contributed by atoms with Crippen molar-refractivity contribution in [1.82, 2.24) is 30.1 Å². The molecule has 5 rings (SSSR count). The van der Waals surface area contributed by atoms with Gasteiger partial charge in [-0.2, -0.15) is 5.10 Å². The third-order valence-corrected chi connectivity index (χ3v) is 5.62. The Bertz CT molecular complexity index is 1580. The molecule has 0 aliphatic rings. The van der Waals surface area contributed by atoms with Crippen molar-refractivity contribution in [1.29, 1.82) is 0 Å². The first-order valence-corrected chi connectivity index (χ1v) is 10.6. The number of pyridine rings is 2. The summed E-state index contributed by atoms with van der Waals surface area (Å²) in [5.41, 5.74) is 5.07. The van der Waals surface area contributed by atoms with Gasteiger partial charge in [-0.05, 0) is 43.2 Å². The second-order valence-corrected chi connectivity index (χ2v) is 7.86. The van der Waals surface area contributed by atoms with Crippen LogP contribution in [0.2, 0.25) is 0 Å². The lowest BCUT2D eigenvalue weighted by Crippen LogP contribution is -1.94. The summed E-state index contributed by atoms with van der Waals surface area (Å²) in [6, 6.07) is 8.05. The van der Waals surface area contributed by atoms with Crippen LogP contribution in [0.1, 0.15) is 22.5 Å². The summed E-state index contributed by atoms with van der Waals surface area (Å²) >= 11 is 0. The van der Waals surface area contributed by atoms with E-state index in [2.05, 4.69) is 31.7 Å². The number of aromatic amines is 2. The minimum Gasteiger partial charge on any atom is -0.340 e. The zero-order chi connectivity index (χ0) is 23.8. The van der Waals surface area contributed by atoms with Gasteiger partial charge in [0.1, 0.15) is 17.2 Å². The molecule has 0 amide bonds. The second kappa shape index (κ2) is 8.47. The van der Waals surface area contributed by atoms with Crippen molar-refractivity contribution in [2.75, 3.05) is 0 Å². The average Bonchev–Trinajstić information content (AvgIpc) is 3.42. The molecular formula is C26H20F2N6. The van der Waals surface area contributed by atoms with Crippen molar-refractivity contribution in [2.24, 2.45) is 0 Å². The summed E-state index contributed by atoms with van der Waals surface area (Å²) in [6.07, 6.45) is 8.17. The van der Waals surface area contributed by atoms with Crippen LogP contribution in [0, 0.1) is 25.5 Å². The van der Waals surface area contributed by atoms with Gasteiger partial charge in [0.05, 0.1) is 22.8 Å². The number of benzene rings is 1. The molecule has 168 valence electrons. The highest BCUT2D eigenvalue weighted by molar-refractivity contribution is 5.94. The van der Waals surface area contributed by atoms with Crippen molar-refractivity contribution in [2.45, 2.75) is 13.8 Å². The molecule has 0 bridgehead atoms. The number of hydrogen-bond acceptors (Lipinski definition) is 4. The van der Waals surface area contributed by atoms with Crippen molar-refractivity contribution >= 4 is 16.5 Å². The summed E-state index contributed by atoms with van der Waals surface area (Å²) in [5.74, 6) is -0.490. The van der Waals surface area contributed by atoms with E-state index in [-0.39, 0.29) is 16.9 Å². The average molecular weight is 454 g/mol. The Morgan fingerprint density at radius 3 is 2.71 bits per heavy atom. The summed E-state index contributed by atoms with van der Waals surface area (Å²) in [7, 11) is 0. The number of allylic oxidation sites excluding steroid dienone is 2. The van der Waals surface area contributed by atoms with E-state index < -0.39 is 5.82 Å². The minimum absolute atomic E-state index is 0.191. The molecule has 0 atom stereocenters. The lowest BCUT2D eigenvalue weighted by atomic mass is 10.0. The molecule has 0 unspecified atom stereocenters. The van der Waals surface area contributed by atoms with Gasteiger partial charge in [-0.25, -0.2) is 13.8 Å². The molecule has 0 aliphatic heterocycles. The lowest BCUT2D eigenvalue weighted by Gasteiger charge is -2.06. The molecule has 4 aromatic heterocycles. The van der Waals surface area contributed by atoms with E-state index in [4.69, 9.17) is 4.98 Å². The molecule has 1 aromatic carbocycles. The Kier molecular flexibility index (Phi) is 5.33. The van der Waals surface area contributed by atoms with E-state index in [1.165, 1.54) is 12.1 Å². The van der Waals surface area contributed by atoms with Gasteiger partial charge in [-0.3, -0.25) is 15.1 Å². The molecule has 0 saturated heterocycles. The fourth-order valence-electron chi connectivity index (χ4n) is 3.97. The Morgan fingerprint density at radius 2 is 1.94 bits per heavy atom. The summed E-state index contributed by atoms with van der Waals surface area (Å²) in [5, 5.41) is 7.42. The number of hydrogen-bond donors (Lipinski definition) is 2. The van der Waals surface area contributed by atoms with Crippen LogP contribution in [0.25, 0.3) is 39.3 Å². The third-order valence-electron chi connectivity index (χ3n) is 5.62. The number of H-pyrrole nitrogens is 2. The highest BCUT2D eigenvalue weighted by Crippen LogP contribution is 2.34. The van der Waals surface area contributed by atoms with Gasteiger partial charge in [-0.15, -0.1) is 0 Å². The quantitative estimate of drug-likeness (QED) is 0.323. The van der Waals surface area contributed by atoms with E-state index >= 15 is 4.39 Å². The standard InChI is InChI=1S/C26H20F2N6/c1-4-6-18(16-7-5-8-17(27)11-16)23-15(3)31-26(32-23)25-21-20(33-34-25)13-30-24(22(21)28)19-12-29-10-9-14(19)2/h4-13H,1H2,2-3H3,(H,31,32)(H,33,34)/b18-6-. The van der Waals surface area contributed by atoms with Gasteiger partial charge in [0, 0.05) is 29.2 Å². The van der Waals surface area contributed by atoms with E-state index in [0.717, 1.165) is 11.3 Å². The maximum Gasteiger partial charge on any atom is 0.161 e. The van der Waals surface area contributed by atoms with E-state index in [0.29, 0.717) is 39.4 Å². The number of halogens is 2. The van der Waals surface area contributed by atoms with Gasteiger partial charge < -0.3 is 4.98 Å². The molecule has 0 saturated carbocycles. The highest BCUT2D eigenvalue weighted by Gasteiger charge is 2.22. The Morgan fingerprint density at radius 1 is 1.09 bits per heavy atom. The summed E-state index contributed by atoms with van der Waals surface area (Å²) in [6.45, 7) is 7.49. The molecule has 34 heavy (non-hydrogen) atoms. The van der Waals surface area contributed by atoms with Crippen LogP contribution in [0.15, 0.2) is 67.7 Å². The Balaban J connectivity index is 1.67. The topological polar surface area (TPSA) is 83.1 Å². The first kappa shape index (κ1) is 21.4. The van der Waals surface area contributed by atoms with Crippen molar-refractivity contribution < 1.29 is 8.78 Å². The van der Waals surface area contributed by atoms with Crippen molar-refractivity contribution in [3.05, 3.63) is 102 Å². The Labute approximate surface area is 194 Å². The van der Waals surface area contributed by atoms with Crippen LogP contribution in [0.5, 0.6) is 0 Å². The molecule has 0 fully saturated rings. The first-order valence-electron chi connectivity index (χ1n) is 10.6. The Hall–Kier alpha value is -4.46. The maximum absolute atomic E-state index is 15.8. The van der Waals surface area contributed by atoms with Gasteiger partial charge in [0.2, 0.25) is 0 Å². The third kappa shape index (κ3) is 3.59. The van der Waals surface area contributed by atoms with Gasteiger partial charge in [-0.1, -0.05) is 30.9 Å². The predicted molar refractivity (Wildman–Crippen MR) is 128 cm³/mol. The van der Waals surface area contributed by atoms with Crippen molar-refractivity contribution in [3.63, 3.8) is 0 Å². The van der Waals surface area contributed by atoms with E-state index in [9.17, 15) is 4.39 Å². The summed E-state index contributed by atoms with van der Waals surface area (Å²) in [4.78, 5) is 16.3. The number of aromatic nitrogens is 6.